The summed E-state index contributed by atoms with van der Waals surface area (Å²) >= 11 is 0. The lowest BCUT2D eigenvalue weighted by Crippen LogP contribution is -2.54. The molecular formula is C24H32F3N5O3. The van der Waals surface area contributed by atoms with Crippen molar-refractivity contribution in [3.8, 4) is 0 Å². The molecule has 1 aromatic rings. The molecule has 8 nitrogen and oxygen atoms in total. The van der Waals surface area contributed by atoms with Gasteiger partial charge in [-0.2, -0.15) is 23.0 Å². The Morgan fingerprint density at radius 3 is 2.43 bits per heavy atom. The molecule has 2 saturated heterocycles. The van der Waals surface area contributed by atoms with Gasteiger partial charge in [-0.15, -0.1) is 0 Å². The number of likely N-dealkylation sites (tertiary alicyclic amines) is 2. The number of allylic oxidation sites excluding steroid dienone is 2. The van der Waals surface area contributed by atoms with Gasteiger partial charge >= 0.3 is 18.2 Å². The third-order valence-electron chi connectivity index (χ3n) is 7.59. The van der Waals surface area contributed by atoms with E-state index < -0.39 is 18.1 Å². The molecule has 1 N–H and O–H groups in total. The number of amides is 1. The summed E-state index contributed by atoms with van der Waals surface area (Å²) in [6.07, 6.45) is 3.67. The third-order valence-corrected chi connectivity index (χ3v) is 7.59. The lowest BCUT2D eigenvalue weighted by atomic mass is 9.86. The van der Waals surface area contributed by atoms with Crippen molar-refractivity contribution in [2.45, 2.75) is 50.7 Å². The molecule has 4 rings (SSSR count). The topological polar surface area (TPSA) is 81.9 Å². The predicted molar refractivity (Wildman–Crippen MR) is 123 cm³/mol. The Kier molecular flexibility index (Phi) is 6.99. The van der Waals surface area contributed by atoms with Gasteiger partial charge in [0.25, 0.3) is 0 Å². The predicted octanol–water partition coefficient (Wildman–Crippen LogP) is 3.82. The first-order valence-electron chi connectivity index (χ1n) is 12.0. The normalized spacial score (nSPS) is 22.9. The molecule has 35 heavy (non-hydrogen) atoms. The van der Waals surface area contributed by atoms with Crippen molar-refractivity contribution in [1.82, 2.24) is 24.5 Å². The molecule has 2 aliphatic heterocycles. The van der Waals surface area contributed by atoms with E-state index in [1.807, 2.05) is 13.1 Å². The van der Waals surface area contributed by atoms with E-state index in [2.05, 4.69) is 21.8 Å². The SMILES string of the molecule is CN(CC1=CC(C(F)(F)F)CC(N2CCCC2)=C1)C1(C)CCN(C(=O)n2ccc(C(=O)O)n2)CC1. The van der Waals surface area contributed by atoms with Crippen LogP contribution in [-0.4, -0.2) is 93.1 Å². The monoisotopic (exact) mass is 495 g/mol. The minimum absolute atomic E-state index is 0.00206. The molecule has 0 bridgehead atoms. The highest BCUT2D eigenvalue weighted by Gasteiger charge is 2.42. The first kappa shape index (κ1) is 25.3. The number of likely N-dealkylation sites (N-methyl/N-ethyl adjacent to an activating group) is 1. The van der Waals surface area contributed by atoms with E-state index >= 15 is 0 Å². The van der Waals surface area contributed by atoms with E-state index in [0.717, 1.165) is 36.3 Å². The van der Waals surface area contributed by atoms with Crippen molar-refractivity contribution in [3.05, 3.63) is 41.4 Å². The van der Waals surface area contributed by atoms with Crippen LogP contribution in [0, 0.1) is 5.92 Å². The number of hydrogen-bond acceptors (Lipinski definition) is 5. The van der Waals surface area contributed by atoms with Gasteiger partial charge in [-0.05, 0) is 57.4 Å². The first-order chi connectivity index (χ1) is 16.5. The summed E-state index contributed by atoms with van der Waals surface area (Å²) in [6.45, 7) is 4.98. The van der Waals surface area contributed by atoms with E-state index in [1.54, 1.807) is 4.90 Å². The van der Waals surface area contributed by atoms with Gasteiger partial charge in [-0.3, -0.25) is 4.90 Å². The summed E-state index contributed by atoms with van der Waals surface area (Å²) in [5, 5.41) is 12.8. The summed E-state index contributed by atoms with van der Waals surface area (Å²) in [4.78, 5) is 29.5. The van der Waals surface area contributed by atoms with Crippen LogP contribution in [0.15, 0.2) is 35.7 Å². The molecule has 3 aliphatic rings. The van der Waals surface area contributed by atoms with Gasteiger partial charge in [0.05, 0.1) is 5.92 Å². The highest BCUT2D eigenvalue weighted by Crippen LogP contribution is 2.38. The number of carbonyl (C=O) groups excluding carboxylic acids is 1. The van der Waals surface area contributed by atoms with Gasteiger partial charge in [0.1, 0.15) is 0 Å². The van der Waals surface area contributed by atoms with Gasteiger partial charge in [0, 0.05) is 56.6 Å². The van der Waals surface area contributed by atoms with Crippen molar-refractivity contribution < 1.29 is 27.9 Å². The number of rotatable bonds is 5. The summed E-state index contributed by atoms with van der Waals surface area (Å²) in [6, 6.07) is 0.890. The van der Waals surface area contributed by atoms with Gasteiger partial charge < -0.3 is 14.9 Å². The molecule has 2 fully saturated rings. The summed E-state index contributed by atoms with van der Waals surface area (Å²) in [7, 11) is 1.92. The van der Waals surface area contributed by atoms with Crippen molar-refractivity contribution >= 4 is 12.0 Å². The average Bonchev–Trinajstić information content (AvgIpc) is 3.51. The van der Waals surface area contributed by atoms with E-state index in [9.17, 15) is 22.8 Å². The van der Waals surface area contributed by atoms with Crippen LogP contribution in [-0.2, 0) is 0 Å². The summed E-state index contributed by atoms with van der Waals surface area (Å²) < 4.78 is 42.0. The number of carboxylic acids is 1. The maximum atomic E-state index is 13.7. The second-order valence-electron chi connectivity index (χ2n) is 10.00. The van der Waals surface area contributed by atoms with Crippen LogP contribution in [0.2, 0.25) is 0 Å². The van der Waals surface area contributed by atoms with Crippen LogP contribution in [0.25, 0.3) is 0 Å². The van der Waals surface area contributed by atoms with Crippen molar-refractivity contribution in [3.63, 3.8) is 0 Å². The zero-order chi connectivity index (χ0) is 25.4. The standard InChI is InChI=1S/C24H32F3N5O3/c1-23(6-11-31(12-7-23)22(35)32-10-5-20(28-32)21(33)34)29(2)16-17-13-18(24(25,26)27)15-19(14-17)30-8-3-4-9-30/h5,10,13-14,18H,3-4,6-9,11-12,15-16H2,1-2H3,(H,33,34). The fourth-order valence-corrected chi connectivity index (χ4v) is 5.11. The van der Waals surface area contributed by atoms with Crippen LogP contribution >= 0.6 is 0 Å². The van der Waals surface area contributed by atoms with Gasteiger partial charge in [0.15, 0.2) is 5.69 Å². The van der Waals surface area contributed by atoms with Crippen LogP contribution in [0.5, 0.6) is 0 Å². The Morgan fingerprint density at radius 2 is 1.86 bits per heavy atom. The smallest absolute Gasteiger partial charge is 0.395 e. The highest BCUT2D eigenvalue weighted by molar-refractivity contribution is 5.86. The Balaban J connectivity index is 1.41. The maximum absolute atomic E-state index is 13.7. The van der Waals surface area contributed by atoms with Crippen molar-refractivity contribution in [2.24, 2.45) is 5.92 Å². The number of hydrogen-bond donors (Lipinski definition) is 1. The minimum Gasteiger partial charge on any atom is -0.476 e. The molecular weight excluding hydrogens is 463 g/mol. The van der Waals surface area contributed by atoms with Crippen LogP contribution in [0.4, 0.5) is 18.0 Å². The molecule has 11 heteroatoms. The second kappa shape index (κ2) is 9.67. The number of aromatic carboxylic acids is 1. The molecule has 192 valence electrons. The number of halogens is 3. The number of nitrogens with zero attached hydrogens (tertiary/aromatic N) is 5. The summed E-state index contributed by atoms with van der Waals surface area (Å²) in [5.74, 6) is -2.67. The zero-order valence-corrected chi connectivity index (χ0v) is 20.1. The quantitative estimate of drug-likeness (QED) is 0.669. The second-order valence-corrected chi connectivity index (χ2v) is 10.00. The van der Waals surface area contributed by atoms with Gasteiger partial charge in [-0.25, -0.2) is 9.59 Å². The summed E-state index contributed by atoms with van der Waals surface area (Å²) in [5.41, 5.74) is 0.974. The van der Waals surface area contributed by atoms with Crippen LogP contribution in [0.1, 0.15) is 49.5 Å². The molecule has 1 aliphatic carbocycles. The molecule has 3 heterocycles. The largest absolute Gasteiger partial charge is 0.476 e. The number of aromatic nitrogens is 2. The van der Waals surface area contributed by atoms with Crippen molar-refractivity contribution in [2.75, 3.05) is 39.8 Å². The molecule has 1 amide bonds. The number of alkyl halides is 3. The minimum atomic E-state index is -4.27. The lowest BCUT2D eigenvalue weighted by Gasteiger charge is -2.45. The first-order valence-corrected chi connectivity index (χ1v) is 12.0. The molecule has 1 aromatic heterocycles. The van der Waals surface area contributed by atoms with E-state index in [1.165, 1.54) is 18.3 Å². The van der Waals surface area contributed by atoms with Gasteiger partial charge in [-0.1, -0.05) is 6.08 Å². The Morgan fingerprint density at radius 1 is 1.20 bits per heavy atom. The fraction of sp³-hybridized carbons (Fsp3) is 0.625. The van der Waals surface area contributed by atoms with Gasteiger partial charge in [0.2, 0.25) is 0 Å². The maximum Gasteiger partial charge on any atom is 0.395 e. The molecule has 0 radical (unpaired) electrons. The van der Waals surface area contributed by atoms with Crippen LogP contribution in [0.3, 0.4) is 0 Å². The molecule has 0 spiro atoms. The Labute approximate surface area is 202 Å². The van der Waals surface area contributed by atoms with Crippen LogP contribution < -0.4 is 0 Å². The fourth-order valence-electron chi connectivity index (χ4n) is 5.11. The Hall–Kier alpha value is -2.82. The number of carbonyl (C=O) groups is 2. The van der Waals surface area contributed by atoms with Crippen molar-refractivity contribution in [1.29, 1.82) is 0 Å². The van der Waals surface area contributed by atoms with E-state index in [-0.39, 0.29) is 23.7 Å². The molecule has 1 unspecified atom stereocenters. The number of carboxylic acid groups (broad SMARTS) is 1. The lowest BCUT2D eigenvalue weighted by molar-refractivity contribution is -0.162. The third kappa shape index (κ3) is 5.55. The highest BCUT2D eigenvalue weighted by atomic mass is 19.4. The Bertz CT molecular complexity index is 1020. The zero-order valence-electron chi connectivity index (χ0n) is 20.1. The number of piperidine rings is 1. The molecule has 0 aromatic carbocycles. The van der Waals surface area contributed by atoms with E-state index in [4.69, 9.17) is 5.11 Å². The van der Waals surface area contributed by atoms with E-state index in [0.29, 0.717) is 38.0 Å². The molecule has 1 atom stereocenters. The molecule has 0 saturated carbocycles. The average molecular weight is 496 g/mol.